The van der Waals surface area contributed by atoms with E-state index >= 15 is 0 Å². The van der Waals surface area contributed by atoms with Crippen LogP contribution in [0.25, 0.3) is 33.7 Å². The number of carbonyl (C=O) groups excluding carboxylic acids is 1. The summed E-state index contributed by atoms with van der Waals surface area (Å²) in [5.41, 5.74) is 3.47. The molecule has 0 unspecified atom stereocenters. The highest BCUT2D eigenvalue weighted by atomic mass is 16.5. The first-order chi connectivity index (χ1) is 14.3. The van der Waals surface area contributed by atoms with Crippen molar-refractivity contribution in [2.45, 2.75) is 0 Å². The predicted octanol–water partition coefficient (Wildman–Crippen LogP) is 6.06. The van der Waals surface area contributed by atoms with Crippen LogP contribution in [0.2, 0.25) is 0 Å². The fourth-order valence-electron chi connectivity index (χ4n) is 3.95. The topological polar surface area (TPSA) is 26.3 Å². The zero-order chi connectivity index (χ0) is 19.6. The van der Waals surface area contributed by atoms with Crippen LogP contribution in [0.1, 0.15) is 11.1 Å². The van der Waals surface area contributed by atoms with E-state index in [1.165, 1.54) is 0 Å². The molecule has 4 aromatic rings. The number of fused-ring (bicyclic) bond motifs is 2. The minimum Gasteiger partial charge on any atom is -0.372 e. The average molecular weight is 376 g/mol. The van der Waals surface area contributed by atoms with Crippen LogP contribution in [0, 0.1) is 0 Å². The number of rotatable bonds is 2. The number of hydrogen-bond acceptors (Lipinski definition) is 2. The molecule has 4 aromatic carbocycles. The van der Waals surface area contributed by atoms with E-state index in [2.05, 4.69) is 36.4 Å². The van der Waals surface area contributed by atoms with Crippen molar-refractivity contribution in [1.29, 1.82) is 0 Å². The van der Waals surface area contributed by atoms with Crippen LogP contribution in [0.3, 0.4) is 0 Å². The quantitative estimate of drug-likeness (QED) is 0.398. The lowest BCUT2D eigenvalue weighted by Crippen LogP contribution is -2.21. The molecule has 0 saturated carbocycles. The molecule has 140 valence electrons. The van der Waals surface area contributed by atoms with Crippen molar-refractivity contribution in [3.05, 3.63) is 107 Å². The van der Waals surface area contributed by atoms with Gasteiger partial charge in [0.15, 0.2) is 5.78 Å². The second-order valence-electron chi connectivity index (χ2n) is 7.30. The third-order valence-corrected chi connectivity index (χ3v) is 5.40. The van der Waals surface area contributed by atoms with Crippen LogP contribution < -0.4 is 0 Å². The molecule has 2 nitrogen and oxygen atoms in total. The van der Waals surface area contributed by atoms with Crippen molar-refractivity contribution in [2.75, 3.05) is 13.2 Å². The summed E-state index contributed by atoms with van der Waals surface area (Å²) in [6.45, 7) is 0.684. The summed E-state index contributed by atoms with van der Waals surface area (Å²) in [6.07, 6.45) is 3.95. The number of Topliss-reactive ketones (excluding diaryl/α,β-unsaturated/α-hetero) is 1. The predicted molar refractivity (Wildman–Crippen MR) is 120 cm³/mol. The lowest BCUT2D eigenvalue weighted by molar-refractivity contribution is -0.114. The van der Waals surface area contributed by atoms with Gasteiger partial charge in [-0.15, -0.1) is 0 Å². The van der Waals surface area contributed by atoms with Crippen molar-refractivity contribution < 1.29 is 9.53 Å². The maximum Gasteiger partial charge on any atom is 0.189 e. The van der Waals surface area contributed by atoms with Gasteiger partial charge in [0.05, 0.1) is 13.2 Å². The van der Waals surface area contributed by atoms with E-state index in [-0.39, 0.29) is 5.78 Å². The molecule has 0 atom stereocenters. The molecule has 1 aliphatic heterocycles. The largest absolute Gasteiger partial charge is 0.372 e. The number of ether oxygens (including phenoxy) is 1. The van der Waals surface area contributed by atoms with Gasteiger partial charge in [0, 0.05) is 11.1 Å². The Labute approximate surface area is 169 Å². The summed E-state index contributed by atoms with van der Waals surface area (Å²) in [4.78, 5) is 13.2. The first-order valence-corrected chi connectivity index (χ1v) is 9.79. The van der Waals surface area contributed by atoms with Gasteiger partial charge < -0.3 is 4.74 Å². The Kier molecular flexibility index (Phi) is 4.55. The number of ketones is 1. The minimum atomic E-state index is 0.0668. The second-order valence-corrected chi connectivity index (χ2v) is 7.30. The fourth-order valence-corrected chi connectivity index (χ4v) is 3.95. The Balaban J connectivity index is 1.55. The third-order valence-electron chi connectivity index (χ3n) is 5.40. The summed E-state index contributed by atoms with van der Waals surface area (Å²) in [7, 11) is 0. The van der Waals surface area contributed by atoms with Crippen LogP contribution in [0.5, 0.6) is 0 Å². The van der Waals surface area contributed by atoms with E-state index in [9.17, 15) is 4.79 Å². The van der Waals surface area contributed by atoms with Gasteiger partial charge >= 0.3 is 0 Å². The van der Waals surface area contributed by atoms with E-state index in [1.807, 2.05) is 60.7 Å². The van der Waals surface area contributed by atoms with Crippen LogP contribution in [0.4, 0.5) is 0 Å². The van der Waals surface area contributed by atoms with Gasteiger partial charge in [0.25, 0.3) is 0 Å². The molecule has 1 aliphatic rings. The van der Waals surface area contributed by atoms with Crippen LogP contribution >= 0.6 is 0 Å². The van der Waals surface area contributed by atoms with Crippen molar-refractivity contribution >= 4 is 39.5 Å². The molecule has 1 heterocycles. The third kappa shape index (κ3) is 3.39. The molecular formula is C27H20O2. The molecule has 1 saturated heterocycles. The van der Waals surface area contributed by atoms with Gasteiger partial charge in [-0.05, 0) is 44.8 Å². The average Bonchev–Trinajstić information content (AvgIpc) is 2.77. The van der Waals surface area contributed by atoms with E-state index in [0.717, 1.165) is 32.7 Å². The molecule has 0 radical (unpaired) electrons. The number of carbonyl (C=O) groups is 1. The standard InChI is InChI=1S/C27H20O2/c28-27-23(15-21-11-5-9-19-7-1-3-13-25(19)21)17-29-18-24(27)16-22-12-6-10-20-8-2-4-14-26(20)22/h1-16H,17-18H2. The van der Waals surface area contributed by atoms with E-state index in [0.29, 0.717) is 24.4 Å². The summed E-state index contributed by atoms with van der Waals surface area (Å²) < 4.78 is 5.78. The Morgan fingerprint density at radius 1 is 0.586 bits per heavy atom. The highest BCUT2D eigenvalue weighted by molar-refractivity contribution is 6.15. The van der Waals surface area contributed by atoms with E-state index < -0.39 is 0 Å². The van der Waals surface area contributed by atoms with Gasteiger partial charge in [-0.3, -0.25) is 4.79 Å². The molecule has 0 aromatic heterocycles. The van der Waals surface area contributed by atoms with E-state index in [1.54, 1.807) is 0 Å². The molecule has 0 spiro atoms. The van der Waals surface area contributed by atoms with Gasteiger partial charge in [0.2, 0.25) is 0 Å². The molecule has 0 bridgehead atoms. The highest BCUT2D eigenvalue weighted by Crippen LogP contribution is 2.26. The molecule has 1 fully saturated rings. The summed E-state index contributed by atoms with van der Waals surface area (Å²) in [5, 5.41) is 4.61. The minimum absolute atomic E-state index is 0.0668. The van der Waals surface area contributed by atoms with Crippen LogP contribution in [0.15, 0.2) is 96.1 Å². The number of benzene rings is 4. The number of hydrogen-bond donors (Lipinski definition) is 0. The van der Waals surface area contributed by atoms with Crippen molar-refractivity contribution in [3.63, 3.8) is 0 Å². The Morgan fingerprint density at radius 2 is 1.03 bits per heavy atom. The molecule has 0 aliphatic carbocycles. The van der Waals surface area contributed by atoms with Gasteiger partial charge in [-0.2, -0.15) is 0 Å². The van der Waals surface area contributed by atoms with Crippen molar-refractivity contribution in [2.24, 2.45) is 0 Å². The fraction of sp³-hybridized carbons (Fsp3) is 0.0741. The smallest absolute Gasteiger partial charge is 0.189 e. The second kappa shape index (κ2) is 7.50. The lowest BCUT2D eigenvalue weighted by Gasteiger charge is -2.18. The molecular weight excluding hydrogens is 356 g/mol. The Hall–Kier alpha value is -3.49. The molecule has 5 rings (SSSR count). The van der Waals surface area contributed by atoms with Crippen LogP contribution in [-0.4, -0.2) is 19.0 Å². The SMILES string of the molecule is O=C1C(=Cc2cccc3ccccc23)COCC1=Cc1cccc2ccccc12. The van der Waals surface area contributed by atoms with Gasteiger partial charge in [-0.1, -0.05) is 84.9 Å². The van der Waals surface area contributed by atoms with Gasteiger partial charge in [-0.25, -0.2) is 0 Å². The molecule has 0 amide bonds. The Morgan fingerprint density at radius 3 is 1.55 bits per heavy atom. The van der Waals surface area contributed by atoms with Crippen molar-refractivity contribution in [1.82, 2.24) is 0 Å². The van der Waals surface area contributed by atoms with Crippen LogP contribution in [-0.2, 0) is 9.53 Å². The normalized spacial score (nSPS) is 17.4. The highest BCUT2D eigenvalue weighted by Gasteiger charge is 2.21. The maximum atomic E-state index is 13.2. The summed E-state index contributed by atoms with van der Waals surface area (Å²) in [5.74, 6) is 0.0668. The van der Waals surface area contributed by atoms with Crippen molar-refractivity contribution in [3.8, 4) is 0 Å². The van der Waals surface area contributed by atoms with E-state index in [4.69, 9.17) is 4.74 Å². The molecule has 0 N–H and O–H groups in total. The molecule has 29 heavy (non-hydrogen) atoms. The maximum absolute atomic E-state index is 13.2. The first kappa shape index (κ1) is 17.6. The first-order valence-electron chi connectivity index (χ1n) is 9.79. The summed E-state index contributed by atoms with van der Waals surface area (Å²) >= 11 is 0. The van der Waals surface area contributed by atoms with Gasteiger partial charge in [0.1, 0.15) is 0 Å². The lowest BCUT2D eigenvalue weighted by atomic mass is 9.95. The zero-order valence-electron chi connectivity index (χ0n) is 16.0. The monoisotopic (exact) mass is 376 g/mol. The zero-order valence-corrected chi connectivity index (χ0v) is 16.0. The molecule has 2 heteroatoms. The Bertz CT molecular complexity index is 1180. The summed E-state index contributed by atoms with van der Waals surface area (Å²) in [6, 6.07) is 28.8.